The van der Waals surface area contributed by atoms with Crippen molar-refractivity contribution < 1.29 is 5.21 Å². The molecule has 96 valence electrons. The first kappa shape index (κ1) is 13.0. The number of aromatic nitrogens is 1. The topological polar surface area (TPSA) is 45.5 Å². The lowest BCUT2D eigenvalue weighted by Gasteiger charge is -2.10. The quantitative estimate of drug-likeness (QED) is 0.513. The molecule has 2 rings (SSSR count). The van der Waals surface area contributed by atoms with Crippen LogP contribution in [-0.2, 0) is 0 Å². The Hall–Kier alpha value is -2.42. The highest BCUT2D eigenvalue weighted by Crippen LogP contribution is 2.22. The number of aryl methyl sites for hydroxylation is 1. The zero-order valence-corrected chi connectivity index (χ0v) is 11.0. The summed E-state index contributed by atoms with van der Waals surface area (Å²) in [6.45, 7) is 3.83. The van der Waals surface area contributed by atoms with Crippen LogP contribution in [-0.4, -0.2) is 15.9 Å². The Labute approximate surface area is 112 Å². The van der Waals surface area contributed by atoms with Crippen molar-refractivity contribution in [2.75, 3.05) is 0 Å². The minimum absolute atomic E-state index is 0.589. The molecule has 1 N–H and O–H groups in total. The monoisotopic (exact) mass is 252 g/mol. The van der Waals surface area contributed by atoms with Gasteiger partial charge >= 0.3 is 0 Å². The maximum Gasteiger partial charge on any atom is 0.0843 e. The Morgan fingerprint density at radius 2 is 1.84 bits per heavy atom. The van der Waals surface area contributed by atoms with E-state index in [1.807, 2.05) is 49.4 Å². The highest BCUT2D eigenvalue weighted by atomic mass is 16.4. The van der Waals surface area contributed by atoms with E-state index < -0.39 is 0 Å². The largest absolute Gasteiger partial charge is 0.411 e. The molecule has 1 aromatic heterocycles. The molecule has 2 aromatic rings. The van der Waals surface area contributed by atoms with E-state index in [1.54, 1.807) is 19.3 Å². The molecule has 0 saturated heterocycles. The van der Waals surface area contributed by atoms with Crippen molar-refractivity contribution >= 4 is 17.4 Å². The SMILES string of the molecule is CC(=N/O)/C(=C/c1ccncc1)c1ccccc1C. The van der Waals surface area contributed by atoms with Crippen molar-refractivity contribution in [3.8, 4) is 0 Å². The smallest absolute Gasteiger partial charge is 0.0843 e. The van der Waals surface area contributed by atoms with Crippen LogP contribution in [0.1, 0.15) is 23.6 Å². The van der Waals surface area contributed by atoms with Crippen molar-refractivity contribution in [2.24, 2.45) is 5.16 Å². The summed E-state index contributed by atoms with van der Waals surface area (Å²) in [5.41, 5.74) is 4.73. The normalized spacial score (nSPS) is 12.5. The predicted octanol–water partition coefficient (Wildman–Crippen LogP) is 3.78. The lowest BCUT2D eigenvalue weighted by molar-refractivity contribution is 0.319. The third-order valence-corrected chi connectivity index (χ3v) is 2.99. The molecule has 1 aromatic carbocycles. The second kappa shape index (κ2) is 5.96. The average molecular weight is 252 g/mol. The molecule has 0 unspecified atom stereocenters. The van der Waals surface area contributed by atoms with Crippen molar-refractivity contribution in [3.63, 3.8) is 0 Å². The van der Waals surface area contributed by atoms with E-state index in [-0.39, 0.29) is 0 Å². The zero-order chi connectivity index (χ0) is 13.7. The van der Waals surface area contributed by atoms with Crippen LogP contribution in [0.4, 0.5) is 0 Å². The second-order valence-corrected chi connectivity index (χ2v) is 4.34. The Kier molecular flexibility index (Phi) is 4.08. The fraction of sp³-hybridized carbons (Fsp3) is 0.125. The van der Waals surface area contributed by atoms with E-state index in [9.17, 15) is 0 Å². The number of hydrogen-bond donors (Lipinski definition) is 1. The minimum Gasteiger partial charge on any atom is -0.411 e. The van der Waals surface area contributed by atoms with Crippen molar-refractivity contribution in [1.29, 1.82) is 0 Å². The van der Waals surface area contributed by atoms with Gasteiger partial charge in [0.1, 0.15) is 0 Å². The summed E-state index contributed by atoms with van der Waals surface area (Å²) in [4.78, 5) is 4.00. The molecule has 0 fully saturated rings. The lowest BCUT2D eigenvalue weighted by Crippen LogP contribution is -1.99. The van der Waals surface area contributed by atoms with E-state index in [0.717, 1.165) is 22.3 Å². The molecular weight excluding hydrogens is 236 g/mol. The number of nitrogens with zero attached hydrogens (tertiary/aromatic N) is 2. The first-order chi connectivity index (χ1) is 9.22. The van der Waals surface area contributed by atoms with Gasteiger partial charge in [0.25, 0.3) is 0 Å². The molecule has 0 aliphatic carbocycles. The van der Waals surface area contributed by atoms with E-state index >= 15 is 0 Å². The van der Waals surface area contributed by atoms with Gasteiger partial charge in [0.05, 0.1) is 5.71 Å². The summed E-state index contributed by atoms with van der Waals surface area (Å²) in [6, 6.07) is 11.9. The number of benzene rings is 1. The van der Waals surface area contributed by atoms with E-state index in [4.69, 9.17) is 5.21 Å². The second-order valence-electron chi connectivity index (χ2n) is 4.34. The van der Waals surface area contributed by atoms with Gasteiger partial charge in [-0.2, -0.15) is 0 Å². The standard InChI is InChI=1S/C16H16N2O/c1-12-5-3-4-6-15(12)16(13(2)18-19)11-14-7-9-17-10-8-14/h3-11,19H,1-2H3/b16-11-,18-13-. The molecule has 1 heterocycles. The number of allylic oxidation sites excluding steroid dienone is 1. The molecule has 0 bridgehead atoms. The van der Waals surface area contributed by atoms with Crippen LogP contribution in [0.3, 0.4) is 0 Å². The molecule has 0 aliphatic heterocycles. The van der Waals surface area contributed by atoms with Crippen LogP contribution in [0.2, 0.25) is 0 Å². The van der Waals surface area contributed by atoms with Crippen LogP contribution in [0.15, 0.2) is 53.9 Å². The molecule has 19 heavy (non-hydrogen) atoms. The number of oxime groups is 1. The maximum absolute atomic E-state index is 9.07. The predicted molar refractivity (Wildman–Crippen MR) is 78.2 cm³/mol. The Morgan fingerprint density at radius 3 is 2.47 bits per heavy atom. The van der Waals surface area contributed by atoms with Crippen LogP contribution >= 0.6 is 0 Å². The summed E-state index contributed by atoms with van der Waals surface area (Å²) < 4.78 is 0. The summed E-state index contributed by atoms with van der Waals surface area (Å²) in [5, 5.41) is 12.4. The summed E-state index contributed by atoms with van der Waals surface area (Å²) >= 11 is 0. The van der Waals surface area contributed by atoms with Gasteiger partial charge < -0.3 is 5.21 Å². The molecule has 3 heteroatoms. The van der Waals surface area contributed by atoms with Gasteiger partial charge in [0, 0.05) is 18.0 Å². The van der Waals surface area contributed by atoms with Crippen LogP contribution in [0.25, 0.3) is 11.6 Å². The van der Waals surface area contributed by atoms with Crippen LogP contribution in [0, 0.1) is 6.92 Å². The highest BCUT2D eigenvalue weighted by Gasteiger charge is 2.08. The molecule has 0 saturated carbocycles. The molecule has 0 amide bonds. The van der Waals surface area contributed by atoms with Gasteiger partial charge in [-0.25, -0.2) is 0 Å². The molecule has 0 atom stereocenters. The zero-order valence-electron chi connectivity index (χ0n) is 11.0. The first-order valence-electron chi connectivity index (χ1n) is 6.09. The van der Waals surface area contributed by atoms with Gasteiger partial charge in [-0.1, -0.05) is 29.4 Å². The molecule has 0 radical (unpaired) electrons. The third kappa shape index (κ3) is 3.07. The molecule has 0 spiro atoms. The molecule has 0 aliphatic rings. The Morgan fingerprint density at radius 1 is 1.16 bits per heavy atom. The summed E-state index contributed by atoms with van der Waals surface area (Å²) in [5.74, 6) is 0. The number of rotatable bonds is 3. The maximum atomic E-state index is 9.07. The Balaban J connectivity index is 2.55. The van der Waals surface area contributed by atoms with Crippen LogP contribution in [0.5, 0.6) is 0 Å². The van der Waals surface area contributed by atoms with E-state index in [2.05, 4.69) is 10.1 Å². The Bertz CT molecular complexity index is 616. The van der Waals surface area contributed by atoms with Crippen molar-refractivity contribution in [3.05, 3.63) is 65.5 Å². The van der Waals surface area contributed by atoms with Crippen molar-refractivity contribution in [1.82, 2.24) is 4.98 Å². The average Bonchev–Trinajstić information content (AvgIpc) is 2.46. The number of hydrogen-bond acceptors (Lipinski definition) is 3. The highest BCUT2D eigenvalue weighted by molar-refractivity contribution is 6.27. The van der Waals surface area contributed by atoms with Gasteiger partial charge in [-0.15, -0.1) is 0 Å². The summed E-state index contributed by atoms with van der Waals surface area (Å²) in [7, 11) is 0. The van der Waals surface area contributed by atoms with E-state index in [1.165, 1.54) is 0 Å². The fourth-order valence-corrected chi connectivity index (χ4v) is 1.93. The van der Waals surface area contributed by atoms with Crippen molar-refractivity contribution in [2.45, 2.75) is 13.8 Å². The lowest BCUT2D eigenvalue weighted by atomic mass is 9.96. The number of pyridine rings is 1. The minimum atomic E-state index is 0.589. The summed E-state index contributed by atoms with van der Waals surface area (Å²) in [6.07, 6.45) is 5.48. The van der Waals surface area contributed by atoms with Gasteiger partial charge in [-0.3, -0.25) is 4.98 Å². The van der Waals surface area contributed by atoms with Gasteiger partial charge in [0.2, 0.25) is 0 Å². The third-order valence-electron chi connectivity index (χ3n) is 2.99. The van der Waals surface area contributed by atoms with Crippen LogP contribution < -0.4 is 0 Å². The van der Waals surface area contributed by atoms with Gasteiger partial charge in [0.15, 0.2) is 0 Å². The van der Waals surface area contributed by atoms with E-state index in [0.29, 0.717) is 5.71 Å². The molecular formula is C16H16N2O. The van der Waals surface area contributed by atoms with Gasteiger partial charge in [-0.05, 0) is 48.7 Å². The molecule has 3 nitrogen and oxygen atoms in total. The first-order valence-corrected chi connectivity index (χ1v) is 6.09. The fourth-order valence-electron chi connectivity index (χ4n) is 1.93.